The number of hydrogen-bond acceptors (Lipinski definition) is 2. The Morgan fingerprint density at radius 1 is 1.43 bits per heavy atom. The average molecular weight is 214 g/mol. The Hall–Kier alpha value is -0.153. The van der Waals surface area contributed by atoms with E-state index in [0.29, 0.717) is 11.7 Å². The Labute approximate surface area is 88.2 Å². The summed E-state index contributed by atoms with van der Waals surface area (Å²) in [5, 5.41) is 0. The maximum Gasteiger partial charge on any atom is 0.184 e. The summed E-state index contributed by atoms with van der Waals surface area (Å²) < 4.78 is 5.98. The van der Waals surface area contributed by atoms with E-state index in [0.717, 1.165) is 25.7 Å². The first-order valence-corrected chi connectivity index (χ1v) is 9.05. The first-order valence-electron chi connectivity index (χ1n) is 5.64. The van der Waals surface area contributed by atoms with Gasteiger partial charge in [-0.1, -0.05) is 13.3 Å². The van der Waals surface area contributed by atoms with Crippen LogP contribution >= 0.6 is 0 Å². The normalized spacial score (nSPS) is 29.3. The summed E-state index contributed by atoms with van der Waals surface area (Å²) in [6.45, 7) is 8.62. The van der Waals surface area contributed by atoms with Crippen LogP contribution in [0.25, 0.3) is 0 Å². The predicted octanol–water partition coefficient (Wildman–Crippen LogP) is 2.99. The lowest BCUT2D eigenvalue weighted by molar-refractivity contribution is -0.131. The summed E-state index contributed by atoms with van der Waals surface area (Å²) in [5.41, 5.74) is 0. The number of ketones is 1. The SMILES string of the molecule is CC[C@H]1CCCC(=O)[C@@H]1O[Si](C)(C)C. The zero-order valence-corrected chi connectivity index (χ0v) is 10.8. The molecule has 0 saturated heterocycles. The van der Waals surface area contributed by atoms with Gasteiger partial charge in [-0.3, -0.25) is 4.79 Å². The largest absolute Gasteiger partial charge is 0.407 e. The van der Waals surface area contributed by atoms with Crippen LogP contribution in [0.5, 0.6) is 0 Å². The summed E-state index contributed by atoms with van der Waals surface area (Å²) >= 11 is 0. The summed E-state index contributed by atoms with van der Waals surface area (Å²) in [6.07, 6.45) is 3.94. The zero-order chi connectivity index (χ0) is 10.8. The summed E-state index contributed by atoms with van der Waals surface area (Å²) in [7, 11) is -1.57. The number of carbonyl (C=O) groups excluding carboxylic acids is 1. The van der Waals surface area contributed by atoms with E-state index < -0.39 is 8.32 Å². The van der Waals surface area contributed by atoms with Gasteiger partial charge < -0.3 is 4.43 Å². The molecule has 2 nitrogen and oxygen atoms in total. The van der Waals surface area contributed by atoms with Crippen molar-refractivity contribution in [2.45, 2.75) is 58.4 Å². The molecule has 3 heteroatoms. The molecular weight excluding hydrogens is 192 g/mol. The van der Waals surface area contributed by atoms with Crippen LogP contribution in [0, 0.1) is 5.92 Å². The molecule has 0 radical (unpaired) electrons. The van der Waals surface area contributed by atoms with Gasteiger partial charge >= 0.3 is 0 Å². The minimum Gasteiger partial charge on any atom is -0.407 e. The van der Waals surface area contributed by atoms with Gasteiger partial charge in [0.05, 0.1) is 0 Å². The third-order valence-corrected chi connectivity index (χ3v) is 3.71. The van der Waals surface area contributed by atoms with Crippen molar-refractivity contribution in [1.82, 2.24) is 0 Å². The maximum atomic E-state index is 11.7. The van der Waals surface area contributed by atoms with Gasteiger partial charge in [0.1, 0.15) is 6.10 Å². The average Bonchev–Trinajstić information content (AvgIpc) is 2.06. The van der Waals surface area contributed by atoms with E-state index in [2.05, 4.69) is 26.6 Å². The van der Waals surface area contributed by atoms with E-state index >= 15 is 0 Å². The second kappa shape index (κ2) is 4.58. The van der Waals surface area contributed by atoms with Gasteiger partial charge in [-0.25, -0.2) is 0 Å². The molecule has 0 amide bonds. The Kier molecular flexibility index (Phi) is 3.90. The second-order valence-corrected chi connectivity index (χ2v) is 9.64. The van der Waals surface area contributed by atoms with E-state index in [4.69, 9.17) is 4.43 Å². The minimum atomic E-state index is -1.57. The number of carbonyl (C=O) groups is 1. The van der Waals surface area contributed by atoms with Crippen molar-refractivity contribution >= 4 is 14.1 Å². The first-order chi connectivity index (χ1) is 6.44. The lowest BCUT2D eigenvalue weighted by Crippen LogP contribution is -2.43. The molecule has 0 aromatic heterocycles. The Morgan fingerprint density at radius 3 is 2.57 bits per heavy atom. The Balaban J connectivity index is 2.64. The molecule has 2 atom stereocenters. The third kappa shape index (κ3) is 3.21. The molecule has 14 heavy (non-hydrogen) atoms. The molecule has 0 N–H and O–H groups in total. The van der Waals surface area contributed by atoms with Crippen LogP contribution < -0.4 is 0 Å². The van der Waals surface area contributed by atoms with Gasteiger partial charge in [0.2, 0.25) is 0 Å². The molecule has 0 aliphatic heterocycles. The van der Waals surface area contributed by atoms with Crippen molar-refractivity contribution in [1.29, 1.82) is 0 Å². The van der Waals surface area contributed by atoms with Gasteiger partial charge in [0.25, 0.3) is 0 Å². The van der Waals surface area contributed by atoms with Crippen LogP contribution in [-0.4, -0.2) is 20.2 Å². The van der Waals surface area contributed by atoms with Crippen LogP contribution in [0.15, 0.2) is 0 Å². The minimum absolute atomic E-state index is 0.0829. The smallest absolute Gasteiger partial charge is 0.184 e. The zero-order valence-electron chi connectivity index (χ0n) is 9.80. The molecule has 0 heterocycles. The molecule has 0 aromatic rings. The van der Waals surface area contributed by atoms with Gasteiger partial charge in [0, 0.05) is 6.42 Å². The van der Waals surface area contributed by atoms with Crippen molar-refractivity contribution < 1.29 is 9.22 Å². The lowest BCUT2D eigenvalue weighted by atomic mass is 9.84. The fourth-order valence-corrected chi connectivity index (χ4v) is 3.14. The third-order valence-electron chi connectivity index (χ3n) is 2.75. The van der Waals surface area contributed by atoms with Gasteiger partial charge in [-0.2, -0.15) is 0 Å². The van der Waals surface area contributed by atoms with Crippen molar-refractivity contribution in [3.05, 3.63) is 0 Å². The number of rotatable bonds is 3. The van der Waals surface area contributed by atoms with Crippen LogP contribution in [-0.2, 0) is 9.22 Å². The Morgan fingerprint density at radius 2 is 2.07 bits per heavy atom. The molecule has 82 valence electrons. The molecule has 0 spiro atoms. The second-order valence-electron chi connectivity index (χ2n) is 5.18. The lowest BCUT2D eigenvalue weighted by Gasteiger charge is -2.34. The van der Waals surface area contributed by atoms with Crippen molar-refractivity contribution in [2.75, 3.05) is 0 Å². The van der Waals surface area contributed by atoms with Crippen LogP contribution in [0.4, 0.5) is 0 Å². The van der Waals surface area contributed by atoms with E-state index in [9.17, 15) is 4.79 Å². The molecule has 1 aliphatic rings. The summed E-state index contributed by atoms with van der Waals surface area (Å²) in [6, 6.07) is 0. The van der Waals surface area contributed by atoms with Crippen molar-refractivity contribution in [2.24, 2.45) is 5.92 Å². The van der Waals surface area contributed by atoms with E-state index in [-0.39, 0.29) is 6.10 Å². The maximum absolute atomic E-state index is 11.7. The van der Waals surface area contributed by atoms with Crippen LogP contribution in [0.1, 0.15) is 32.6 Å². The molecule has 1 aliphatic carbocycles. The molecule has 0 bridgehead atoms. The highest BCUT2D eigenvalue weighted by Crippen LogP contribution is 2.28. The van der Waals surface area contributed by atoms with Crippen LogP contribution in [0.3, 0.4) is 0 Å². The molecule has 1 rings (SSSR count). The van der Waals surface area contributed by atoms with Gasteiger partial charge in [-0.15, -0.1) is 0 Å². The number of hydrogen-bond donors (Lipinski definition) is 0. The number of Topliss-reactive ketones (excluding diaryl/α,β-unsaturated/α-hetero) is 1. The Bertz CT molecular complexity index is 208. The standard InChI is InChI=1S/C11H22O2Si/c1-5-9-7-6-8-10(12)11(9)13-14(2,3)4/h9,11H,5-8H2,1-4H3/t9-,11+/m0/s1. The molecular formula is C11H22O2Si. The monoisotopic (exact) mass is 214 g/mol. The summed E-state index contributed by atoms with van der Waals surface area (Å²) in [5.74, 6) is 0.813. The molecule has 1 saturated carbocycles. The van der Waals surface area contributed by atoms with E-state index in [1.807, 2.05) is 0 Å². The van der Waals surface area contributed by atoms with Gasteiger partial charge in [-0.05, 0) is 38.4 Å². The van der Waals surface area contributed by atoms with Gasteiger partial charge in [0.15, 0.2) is 14.1 Å². The topological polar surface area (TPSA) is 26.3 Å². The quantitative estimate of drug-likeness (QED) is 0.675. The van der Waals surface area contributed by atoms with Crippen molar-refractivity contribution in [3.63, 3.8) is 0 Å². The van der Waals surface area contributed by atoms with E-state index in [1.165, 1.54) is 0 Å². The first kappa shape index (κ1) is 11.9. The summed E-state index contributed by atoms with van der Waals surface area (Å²) in [4.78, 5) is 11.7. The van der Waals surface area contributed by atoms with Crippen molar-refractivity contribution in [3.8, 4) is 0 Å². The van der Waals surface area contributed by atoms with Crippen LogP contribution in [0.2, 0.25) is 19.6 Å². The molecule has 1 fully saturated rings. The molecule has 0 aromatic carbocycles. The predicted molar refractivity (Wildman–Crippen MR) is 60.9 cm³/mol. The van der Waals surface area contributed by atoms with E-state index in [1.54, 1.807) is 0 Å². The fraction of sp³-hybridized carbons (Fsp3) is 0.909. The highest BCUT2D eigenvalue weighted by Gasteiger charge is 2.34. The molecule has 0 unspecified atom stereocenters. The highest BCUT2D eigenvalue weighted by molar-refractivity contribution is 6.69. The highest BCUT2D eigenvalue weighted by atomic mass is 28.4. The fourth-order valence-electron chi connectivity index (χ4n) is 2.06.